The van der Waals surface area contributed by atoms with E-state index in [-0.39, 0.29) is 0 Å². The molecule has 0 saturated heterocycles. The predicted octanol–water partition coefficient (Wildman–Crippen LogP) is 4.40. The van der Waals surface area contributed by atoms with Crippen LogP contribution in [-0.2, 0) is 13.0 Å². The molecule has 3 aromatic rings. The van der Waals surface area contributed by atoms with Gasteiger partial charge in [0.2, 0.25) is 0 Å². The Bertz CT molecular complexity index is 812. The van der Waals surface area contributed by atoms with Gasteiger partial charge in [-0.05, 0) is 25.2 Å². The van der Waals surface area contributed by atoms with Crippen molar-refractivity contribution in [1.29, 1.82) is 0 Å². The number of aromatic nitrogens is 3. The Morgan fingerprint density at radius 3 is 2.64 bits per heavy atom. The second kappa shape index (κ2) is 9.63. The molecule has 0 unspecified atom stereocenters. The predicted molar refractivity (Wildman–Crippen MR) is 111 cm³/mol. The lowest BCUT2D eigenvalue weighted by atomic mass is 10.2. The third-order valence-electron chi connectivity index (χ3n) is 4.06. The molecule has 2 heterocycles. The van der Waals surface area contributed by atoms with Crippen LogP contribution in [0.2, 0.25) is 0 Å². The Hall–Kier alpha value is -1.79. The maximum atomic E-state index is 6.15. The van der Waals surface area contributed by atoms with Crippen molar-refractivity contribution >= 4 is 39.7 Å². The van der Waals surface area contributed by atoms with Crippen molar-refractivity contribution in [2.45, 2.75) is 46.6 Å². The summed E-state index contributed by atoms with van der Waals surface area (Å²) in [6.45, 7) is 8.13. The van der Waals surface area contributed by atoms with Crippen molar-refractivity contribution in [3.63, 3.8) is 0 Å². The molecule has 0 aliphatic heterocycles. The lowest BCUT2D eigenvalue weighted by Crippen LogP contribution is -2.08. The van der Waals surface area contributed by atoms with Crippen LogP contribution < -0.4 is 10.5 Å². The van der Waals surface area contributed by atoms with Gasteiger partial charge >= 0.3 is 0 Å². The van der Waals surface area contributed by atoms with E-state index in [1.807, 2.05) is 32.0 Å². The molecule has 6 heteroatoms. The van der Waals surface area contributed by atoms with Gasteiger partial charge in [0, 0.05) is 24.9 Å². The number of nitrogen functional groups attached to an aromatic ring is 1. The highest BCUT2D eigenvalue weighted by molar-refractivity contribution is 7.96. The Morgan fingerprint density at radius 1 is 1.16 bits per heavy atom. The fourth-order valence-corrected chi connectivity index (χ4v) is 3.33. The van der Waals surface area contributed by atoms with Crippen molar-refractivity contribution in [2.24, 2.45) is 0 Å². The van der Waals surface area contributed by atoms with E-state index in [2.05, 4.69) is 33.5 Å². The molecule has 0 amide bonds. The van der Waals surface area contributed by atoms with Gasteiger partial charge in [-0.15, -0.1) is 0 Å². The molecule has 2 aromatic heterocycles. The van der Waals surface area contributed by atoms with Gasteiger partial charge < -0.3 is 10.3 Å². The number of para-hydroxylation sites is 1. The van der Waals surface area contributed by atoms with Gasteiger partial charge in [0.05, 0.1) is 11.0 Å². The topological polar surface area (TPSA) is 68.8 Å². The molecule has 3 rings (SSSR count). The van der Waals surface area contributed by atoms with E-state index in [1.54, 1.807) is 11.9 Å². The van der Waals surface area contributed by atoms with Gasteiger partial charge in [-0.1, -0.05) is 50.9 Å². The van der Waals surface area contributed by atoms with Gasteiger partial charge in [-0.25, -0.2) is 9.97 Å². The Morgan fingerprint density at radius 2 is 1.92 bits per heavy atom. The third-order valence-corrected chi connectivity index (χ3v) is 4.55. The van der Waals surface area contributed by atoms with Crippen molar-refractivity contribution in [3.8, 4) is 0 Å². The van der Waals surface area contributed by atoms with E-state index in [9.17, 15) is 0 Å². The average Bonchev–Trinajstić information content (AvgIpc) is 3.03. The highest BCUT2D eigenvalue weighted by atomic mass is 32.2. The summed E-state index contributed by atoms with van der Waals surface area (Å²) >= 11 is 1.67. The zero-order valence-electron chi connectivity index (χ0n) is 15.7. The SMILES string of the molecule is CC.CCc1nc2c(N)nc3ccccc3c2n1CCCCNSC. The van der Waals surface area contributed by atoms with E-state index >= 15 is 0 Å². The molecule has 0 spiro atoms. The number of pyridine rings is 1. The van der Waals surface area contributed by atoms with Gasteiger partial charge in [-0.3, -0.25) is 4.72 Å². The Labute approximate surface area is 154 Å². The number of unbranched alkanes of at least 4 members (excludes halogenated alkanes) is 1. The quantitative estimate of drug-likeness (QED) is 0.483. The molecule has 3 N–H and O–H groups in total. The fraction of sp³-hybridized carbons (Fsp3) is 0.474. The average molecular weight is 360 g/mol. The Balaban J connectivity index is 0.00000109. The number of hydrogen-bond donors (Lipinski definition) is 2. The van der Waals surface area contributed by atoms with Crippen LogP contribution in [0.25, 0.3) is 21.9 Å². The molecular weight excluding hydrogens is 330 g/mol. The first-order chi connectivity index (χ1) is 12.3. The summed E-state index contributed by atoms with van der Waals surface area (Å²) in [7, 11) is 0. The van der Waals surface area contributed by atoms with Crippen molar-refractivity contribution in [2.75, 3.05) is 18.5 Å². The number of hydrogen-bond acceptors (Lipinski definition) is 5. The van der Waals surface area contributed by atoms with Crippen LogP contribution in [0, 0.1) is 0 Å². The van der Waals surface area contributed by atoms with Crippen molar-refractivity contribution < 1.29 is 0 Å². The number of nitrogens with one attached hydrogen (secondary N) is 1. The highest BCUT2D eigenvalue weighted by Crippen LogP contribution is 2.29. The van der Waals surface area contributed by atoms with Gasteiger partial charge in [0.25, 0.3) is 0 Å². The van der Waals surface area contributed by atoms with Crippen LogP contribution in [0.3, 0.4) is 0 Å². The van der Waals surface area contributed by atoms with Crippen LogP contribution in [0.15, 0.2) is 24.3 Å². The molecule has 0 saturated carbocycles. The van der Waals surface area contributed by atoms with Crippen LogP contribution in [0.5, 0.6) is 0 Å². The summed E-state index contributed by atoms with van der Waals surface area (Å²) in [6.07, 6.45) is 5.21. The summed E-state index contributed by atoms with van der Waals surface area (Å²) < 4.78 is 5.62. The molecule has 0 bridgehead atoms. The van der Waals surface area contributed by atoms with Crippen molar-refractivity contribution in [1.82, 2.24) is 19.3 Å². The molecule has 25 heavy (non-hydrogen) atoms. The normalized spacial score (nSPS) is 10.9. The van der Waals surface area contributed by atoms with Crippen molar-refractivity contribution in [3.05, 3.63) is 30.1 Å². The molecule has 0 aliphatic rings. The lowest BCUT2D eigenvalue weighted by molar-refractivity contribution is 0.600. The van der Waals surface area contributed by atoms with Gasteiger partial charge in [-0.2, -0.15) is 0 Å². The van der Waals surface area contributed by atoms with E-state index in [0.717, 1.165) is 60.1 Å². The number of nitrogens with two attached hydrogens (primary N) is 1. The highest BCUT2D eigenvalue weighted by Gasteiger charge is 2.15. The first-order valence-corrected chi connectivity index (χ1v) is 10.3. The van der Waals surface area contributed by atoms with Gasteiger partial charge in [0.1, 0.15) is 11.3 Å². The molecule has 5 nitrogen and oxygen atoms in total. The molecule has 0 aliphatic carbocycles. The van der Waals surface area contributed by atoms with E-state index < -0.39 is 0 Å². The van der Waals surface area contributed by atoms with E-state index in [4.69, 9.17) is 10.7 Å². The standard InChI is InChI=1S/C17H23N5S.C2H6/c1-3-14-21-15-16(22(14)11-7-6-10-19-23-2)12-8-4-5-9-13(12)20-17(15)18;1-2/h4-5,8-9,19H,3,6-7,10-11H2,1-2H3,(H2,18,20);1-2H3. The number of anilines is 1. The molecule has 136 valence electrons. The lowest BCUT2D eigenvalue weighted by Gasteiger charge is -2.10. The molecule has 0 fully saturated rings. The van der Waals surface area contributed by atoms with Gasteiger partial charge in [0.15, 0.2) is 5.82 Å². The molecular formula is C19H29N5S. The minimum atomic E-state index is 0.524. The zero-order valence-corrected chi connectivity index (χ0v) is 16.5. The number of benzene rings is 1. The monoisotopic (exact) mass is 359 g/mol. The number of nitrogens with zero attached hydrogens (tertiary/aromatic N) is 3. The summed E-state index contributed by atoms with van der Waals surface area (Å²) in [6, 6.07) is 8.16. The van der Waals surface area contributed by atoms with Crippen LogP contribution in [-0.4, -0.2) is 27.3 Å². The number of fused-ring (bicyclic) bond motifs is 3. The second-order valence-corrected chi connectivity index (χ2v) is 6.25. The first-order valence-electron chi connectivity index (χ1n) is 9.05. The second-order valence-electron chi connectivity index (χ2n) is 5.55. The molecule has 0 radical (unpaired) electrons. The molecule has 1 aromatic carbocycles. The van der Waals surface area contributed by atoms with Crippen LogP contribution in [0.4, 0.5) is 5.82 Å². The number of rotatable bonds is 7. The zero-order chi connectivity index (χ0) is 18.2. The summed E-state index contributed by atoms with van der Waals surface area (Å²) in [5, 5.41) is 1.13. The van der Waals surface area contributed by atoms with E-state index in [0.29, 0.717) is 5.82 Å². The van der Waals surface area contributed by atoms with Crippen LogP contribution >= 0.6 is 11.9 Å². The Kier molecular flexibility index (Phi) is 7.52. The summed E-state index contributed by atoms with van der Waals surface area (Å²) in [5.41, 5.74) is 9.05. The minimum Gasteiger partial charge on any atom is -0.382 e. The third kappa shape index (κ3) is 4.25. The number of imidazole rings is 1. The fourth-order valence-electron chi connectivity index (χ4n) is 2.98. The number of aryl methyl sites for hydroxylation is 2. The molecule has 0 atom stereocenters. The van der Waals surface area contributed by atoms with Crippen LogP contribution in [0.1, 0.15) is 39.4 Å². The van der Waals surface area contributed by atoms with E-state index in [1.165, 1.54) is 0 Å². The maximum absolute atomic E-state index is 6.15. The largest absolute Gasteiger partial charge is 0.382 e. The minimum absolute atomic E-state index is 0.524. The first kappa shape index (κ1) is 19.5. The summed E-state index contributed by atoms with van der Waals surface area (Å²) in [5.74, 6) is 1.61. The summed E-state index contributed by atoms with van der Waals surface area (Å²) in [4.78, 5) is 9.25. The maximum Gasteiger partial charge on any atom is 0.152 e. The smallest absolute Gasteiger partial charge is 0.152 e.